The second-order valence-electron chi connectivity index (χ2n) is 7.83. The molecule has 1 amide bonds. The molecule has 0 saturated carbocycles. The molecular formula is C24H25N5O3. The highest BCUT2D eigenvalue weighted by atomic mass is 16.3. The van der Waals surface area contributed by atoms with Crippen LogP contribution in [0.1, 0.15) is 45.5 Å². The van der Waals surface area contributed by atoms with E-state index in [1.807, 2.05) is 36.1 Å². The summed E-state index contributed by atoms with van der Waals surface area (Å²) < 4.78 is 0. The van der Waals surface area contributed by atoms with Crippen molar-refractivity contribution in [3.8, 4) is 0 Å². The minimum Gasteiger partial charge on any atom is -0.483 e. The first-order valence-electron chi connectivity index (χ1n) is 10.5. The van der Waals surface area contributed by atoms with Crippen molar-refractivity contribution in [2.75, 3.05) is 6.54 Å². The maximum atomic E-state index is 13.3. The lowest BCUT2D eigenvalue weighted by molar-refractivity contribution is -0.122. The van der Waals surface area contributed by atoms with Crippen LogP contribution >= 0.6 is 0 Å². The van der Waals surface area contributed by atoms with Gasteiger partial charge in [-0.3, -0.25) is 9.59 Å². The number of fused-ring (bicyclic) bond motifs is 2. The number of hydrogen-bond acceptors (Lipinski definition) is 4. The van der Waals surface area contributed by atoms with Crippen molar-refractivity contribution in [3.05, 3.63) is 83.2 Å². The second kappa shape index (κ2) is 9.47. The van der Waals surface area contributed by atoms with E-state index in [-0.39, 0.29) is 18.3 Å². The summed E-state index contributed by atoms with van der Waals surface area (Å²) in [5.74, 6) is 1.13. The maximum absolute atomic E-state index is 13.3. The van der Waals surface area contributed by atoms with Crippen molar-refractivity contribution >= 4 is 23.4 Å². The molecule has 3 heterocycles. The number of aromatic amines is 2. The van der Waals surface area contributed by atoms with Crippen molar-refractivity contribution in [2.24, 2.45) is 0 Å². The Bertz CT molecular complexity index is 1210. The normalized spacial score (nSPS) is 15.0. The number of carbonyl (C=O) groups excluding carboxylic acids is 1. The van der Waals surface area contributed by atoms with Crippen LogP contribution in [-0.2, 0) is 17.8 Å². The molecule has 32 heavy (non-hydrogen) atoms. The highest BCUT2D eigenvalue weighted by Gasteiger charge is 2.30. The first-order valence-corrected chi connectivity index (χ1v) is 10.5. The molecule has 0 saturated heterocycles. The largest absolute Gasteiger partial charge is 0.483 e. The third-order valence-electron chi connectivity index (χ3n) is 5.69. The molecule has 2 aromatic carbocycles. The van der Waals surface area contributed by atoms with Gasteiger partial charge in [-0.05, 0) is 43.5 Å². The average Bonchev–Trinajstić information content (AvgIpc) is 3.43. The van der Waals surface area contributed by atoms with Gasteiger partial charge in [-0.2, -0.15) is 0 Å². The Morgan fingerprint density at radius 1 is 1.25 bits per heavy atom. The molecule has 1 aliphatic heterocycles. The number of imidazole rings is 2. The zero-order valence-electron chi connectivity index (χ0n) is 17.8. The average molecular weight is 431 g/mol. The van der Waals surface area contributed by atoms with Gasteiger partial charge in [-0.1, -0.05) is 30.3 Å². The summed E-state index contributed by atoms with van der Waals surface area (Å²) in [7, 11) is 0. The van der Waals surface area contributed by atoms with Crippen LogP contribution in [0.4, 0.5) is 0 Å². The smallest absolute Gasteiger partial charge is 0.290 e. The molecule has 164 valence electrons. The molecule has 5 rings (SSSR count). The third-order valence-corrected chi connectivity index (χ3v) is 5.69. The van der Waals surface area contributed by atoms with E-state index in [9.17, 15) is 4.79 Å². The highest BCUT2D eigenvalue weighted by Crippen LogP contribution is 2.30. The van der Waals surface area contributed by atoms with Crippen LogP contribution in [0.15, 0.2) is 54.9 Å². The zero-order chi connectivity index (χ0) is 22.5. The summed E-state index contributed by atoms with van der Waals surface area (Å²) in [4.78, 5) is 39.0. The van der Waals surface area contributed by atoms with Crippen LogP contribution in [0.5, 0.6) is 0 Å². The van der Waals surface area contributed by atoms with Gasteiger partial charge in [0.05, 0.1) is 35.3 Å². The van der Waals surface area contributed by atoms with E-state index in [2.05, 4.69) is 44.2 Å². The fraction of sp³-hybridized carbons (Fsp3) is 0.250. The molecule has 8 heteroatoms. The van der Waals surface area contributed by atoms with Crippen molar-refractivity contribution in [3.63, 3.8) is 0 Å². The topological polar surface area (TPSA) is 115 Å². The molecular weight excluding hydrogens is 406 g/mol. The Balaban J connectivity index is 0.000000775. The molecule has 0 bridgehead atoms. The fourth-order valence-electron chi connectivity index (χ4n) is 4.24. The Labute approximate surface area is 185 Å². The van der Waals surface area contributed by atoms with Gasteiger partial charge in [0.25, 0.3) is 12.4 Å². The molecule has 8 nitrogen and oxygen atoms in total. The number of amides is 1. The number of carboxylic acid groups (broad SMARTS) is 1. The zero-order valence-corrected chi connectivity index (χ0v) is 17.8. The first-order chi connectivity index (χ1) is 15.6. The molecule has 1 atom stereocenters. The van der Waals surface area contributed by atoms with Gasteiger partial charge in [-0.25, -0.2) is 9.97 Å². The third kappa shape index (κ3) is 4.54. The minimum absolute atomic E-state index is 0.0455. The lowest BCUT2D eigenvalue weighted by Gasteiger charge is -2.32. The number of carbonyl (C=O) groups is 2. The van der Waals surface area contributed by atoms with E-state index in [1.165, 1.54) is 5.56 Å². The Morgan fingerprint density at radius 2 is 2.03 bits per heavy atom. The van der Waals surface area contributed by atoms with E-state index < -0.39 is 0 Å². The molecule has 2 aromatic heterocycles. The van der Waals surface area contributed by atoms with E-state index in [0.717, 1.165) is 41.1 Å². The summed E-state index contributed by atoms with van der Waals surface area (Å²) in [6, 6.07) is 16.2. The Hall–Kier alpha value is -3.94. The van der Waals surface area contributed by atoms with E-state index in [1.54, 1.807) is 6.33 Å². The molecule has 1 aliphatic rings. The van der Waals surface area contributed by atoms with Crippen molar-refractivity contribution in [1.82, 2.24) is 24.8 Å². The van der Waals surface area contributed by atoms with E-state index >= 15 is 0 Å². The molecule has 4 aromatic rings. The summed E-state index contributed by atoms with van der Waals surface area (Å²) in [6.07, 6.45) is 3.68. The number of aromatic nitrogens is 4. The van der Waals surface area contributed by atoms with Gasteiger partial charge < -0.3 is 20.0 Å². The summed E-state index contributed by atoms with van der Waals surface area (Å²) in [6.45, 7) is 2.92. The predicted molar refractivity (Wildman–Crippen MR) is 120 cm³/mol. The number of nitrogens with zero attached hydrogens (tertiary/aromatic N) is 3. The van der Waals surface area contributed by atoms with Crippen LogP contribution in [0, 0.1) is 6.92 Å². The Morgan fingerprint density at radius 3 is 2.81 bits per heavy atom. The molecule has 0 aliphatic carbocycles. The number of hydrogen-bond donors (Lipinski definition) is 3. The van der Waals surface area contributed by atoms with Crippen LogP contribution in [0.2, 0.25) is 0 Å². The highest BCUT2D eigenvalue weighted by molar-refractivity contribution is 5.97. The van der Waals surface area contributed by atoms with Gasteiger partial charge in [-0.15, -0.1) is 0 Å². The summed E-state index contributed by atoms with van der Waals surface area (Å²) in [5.41, 5.74) is 5.92. The van der Waals surface area contributed by atoms with E-state index in [4.69, 9.17) is 9.90 Å². The monoisotopic (exact) mass is 431 g/mol. The SMILES string of the molecule is Cc1nc2ccc(C(=O)N3Cc4[nH]cnc4C(CCc4ccccc4)C3)cc2[nH]1.O=CO. The standard InChI is InChI=1S/C23H23N5O.CH2O2/c1-15-26-19-10-9-17(11-20(19)27-15)23(29)28-12-18(22-21(13-28)24-14-25-22)8-7-16-5-3-2-4-6-16;2-1-3/h2-6,9-11,14,18H,7-8,12-13H2,1H3,(H,24,25)(H,26,27);1H,(H,2,3). The van der Waals surface area contributed by atoms with Crippen molar-refractivity contribution in [2.45, 2.75) is 32.2 Å². The van der Waals surface area contributed by atoms with Gasteiger partial charge in [0.2, 0.25) is 0 Å². The van der Waals surface area contributed by atoms with Gasteiger partial charge in [0.1, 0.15) is 5.82 Å². The van der Waals surface area contributed by atoms with Gasteiger partial charge >= 0.3 is 0 Å². The van der Waals surface area contributed by atoms with Crippen molar-refractivity contribution < 1.29 is 14.7 Å². The maximum Gasteiger partial charge on any atom is 0.290 e. The number of nitrogens with one attached hydrogen (secondary N) is 2. The minimum atomic E-state index is -0.250. The predicted octanol–water partition coefficient (Wildman–Crippen LogP) is 3.67. The lowest BCUT2D eigenvalue weighted by atomic mass is 9.91. The van der Waals surface area contributed by atoms with Gasteiger partial charge in [0, 0.05) is 18.0 Å². The van der Waals surface area contributed by atoms with Crippen LogP contribution < -0.4 is 0 Å². The molecule has 0 fully saturated rings. The molecule has 0 spiro atoms. The first kappa shape index (κ1) is 21.3. The number of H-pyrrole nitrogens is 2. The van der Waals surface area contributed by atoms with Crippen LogP contribution in [0.3, 0.4) is 0 Å². The lowest BCUT2D eigenvalue weighted by Crippen LogP contribution is -2.38. The summed E-state index contributed by atoms with van der Waals surface area (Å²) >= 11 is 0. The second-order valence-corrected chi connectivity index (χ2v) is 7.83. The summed E-state index contributed by atoms with van der Waals surface area (Å²) in [5, 5.41) is 6.89. The molecule has 0 radical (unpaired) electrons. The Kier molecular flexibility index (Phi) is 6.30. The van der Waals surface area contributed by atoms with Crippen molar-refractivity contribution in [1.29, 1.82) is 0 Å². The van der Waals surface area contributed by atoms with E-state index in [0.29, 0.717) is 18.7 Å². The quantitative estimate of drug-likeness (QED) is 0.427. The van der Waals surface area contributed by atoms with Crippen LogP contribution in [0.25, 0.3) is 11.0 Å². The number of benzene rings is 2. The molecule has 3 N–H and O–H groups in total. The number of rotatable bonds is 4. The van der Waals surface area contributed by atoms with Gasteiger partial charge in [0.15, 0.2) is 0 Å². The fourth-order valence-corrected chi connectivity index (χ4v) is 4.24. The van der Waals surface area contributed by atoms with Crippen LogP contribution in [-0.4, -0.2) is 48.9 Å². The number of aryl methyl sites for hydroxylation is 2. The molecule has 1 unspecified atom stereocenters.